The Kier molecular flexibility index (Phi) is 10.5. The van der Waals surface area contributed by atoms with E-state index in [0.717, 1.165) is 13.1 Å². The van der Waals surface area contributed by atoms with Crippen LogP contribution in [0.4, 0.5) is 0 Å². The highest BCUT2D eigenvalue weighted by Crippen LogP contribution is 2.18. The maximum absolute atomic E-state index is 11.9. The van der Waals surface area contributed by atoms with Gasteiger partial charge in [-0.15, -0.1) is 24.8 Å². The lowest BCUT2D eigenvalue weighted by Gasteiger charge is -2.35. The van der Waals surface area contributed by atoms with E-state index in [4.69, 9.17) is 10.2 Å². The molecule has 1 aromatic heterocycles. The zero-order valence-corrected chi connectivity index (χ0v) is 14.7. The van der Waals surface area contributed by atoms with Gasteiger partial charge in [0.05, 0.1) is 12.1 Å². The molecule has 0 bridgehead atoms. The van der Waals surface area contributed by atoms with Crippen LogP contribution in [0.15, 0.2) is 16.7 Å². The molecule has 7 heteroatoms. The molecule has 0 spiro atoms. The zero-order chi connectivity index (χ0) is 14.4. The van der Waals surface area contributed by atoms with Crippen LogP contribution in [0.3, 0.4) is 0 Å². The van der Waals surface area contributed by atoms with Crippen LogP contribution in [0.2, 0.25) is 0 Å². The van der Waals surface area contributed by atoms with Crippen molar-refractivity contribution in [2.75, 3.05) is 19.6 Å². The largest absolute Gasteiger partial charge is 0.467 e. The third-order valence-corrected chi connectivity index (χ3v) is 4.02. The highest BCUT2D eigenvalue weighted by Gasteiger charge is 2.20. The lowest BCUT2D eigenvalue weighted by atomic mass is 10.0. The van der Waals surface area contributed by atoms with Gasteiger partial charge in [-0.1, -0.05) is 13.3 Å². The summed E-state index contributed by atoms with van der Waals surface area (Å²) < 4.78 is 5.17. The Morgan fingerprint density at radius 3 is 2.86 bits per heavy atom. The van der Waals surface area contributed by atoms with E-state index >= 15 is 0 Å². The second kappa shape index (κ2) is 10.9. The molecule has 2 rings (SSSR count). The number of hydrogen-bond donors (Lipinski definition) is 2. The standard InChI is InChI=1S/C15H25N3O2.2ClH/c1-2-13-5-3-4-7-18(13)8-6-17-15(19)12-9-14(10-16)20-11-12;;/h9,11,13H,2-8,10,16H2,1H3,(H,17,19);2*1H. The van der Waals surface area contributed by atoms with Crippen LogP contribution in [-0.4, -0.2) is 36.5 Å². The van der Waals surface area contributed by atoms with Gasteiger partial charge in [-0.2, -0.15) is 0 Å². The van der Waals surface area contributed by atoms with E-state index in [0.29, 0.717) is 30.5 Å². The van der Waals surface area contributed by atoms with E-state index < -0.39 is 0 Å². The molecule has 5 nitrogen and oxygen atoms in total. The predicted octanol–water partition coefficient (Wildman–Crippen LogP) is 2.58. The molecule has 1 saturated heterocycles. The summed E-state index contributed by atoms with van der Waals surface area (Å²) in [5.41, 5.74) is 6.01. The molecule has 1 aromatic rings. The van der Waals surface area contributed by atoms with Crippen molar-refractivity contribution in [3.05, 3.63) is 23.7 Å². The van der Waals surface area contributed by atoms with E-state index in [1.54, 1.807) is 6.07 Å². The SMILES string of the molecule is CCC1CCCCN1CCNC(=O)c1coc(CN)c1.Cl.Cl. The van der Waals surface area contributed by atoms with Gasteiger partial charge in [0, 0.05) is 19.1 Å². The highest BCUT2D eigenvalue weighted by atomic mass is 35.5. The quantitative estimate of drug-likeness (QED) is 0.826. The van der Waals surface area contributed by atoms with Crippen LogP contribution in [0.25, 0.3) is 0 Å². The average Bonchev–Trinajstić information content (AvgIpc) is 2.96. The van der Waals surface area contributed by atoms with Gasteiger partial charge in [-0.05, 0) is 31.9 Å². The fraction of sp³-hybridized carbons (Fsp3) is 0.667. The number of hydrogen-bond acceptors (Lipinski definition) is 4. The molecule has 1 aliphatic rings. The molecule has 3 N–H and O–H groups in total. The van der Waals surface area contributed by atoms with E-state index in [1.165, 1.54) is 31.9 Å². The van der Waals surface area contributed by atoms with Gasteiger partial charge >= 0.3 is 0 Å². The fourth-order valence-electron chi connectivity index (χ4n) is 2.84. The summed E-state index contributed by atoms with van der Waals surface area (Å²) in [6, 6.07) is 2.38. The third-order valence-electron chi connectivity index (χ3n) is 4.02. The molecule has 1 aliphatic heterocycles. The van der Waals surface area contributed by atoms with Gasteiger partial charge in [0.1, 0.15) is 12.0 Å². The Labute approximate surface area is 144 Å². The number of nitrogens with one attached hydrogen (secondary N) is 1. The molecule has 1 atom stereocenters. The summed E-state index contributed by atoms with van der Waals surface area (Å²) in [6.07, 6.45) is 6.54. The third kappa shape index (κ3) is 5.80. The average molecular weight is 352 g/mol. The van der Waals surface area contributed by atoms with Crippen molar-refractivity contribution in [2.45, 2.75) is 45.2 Å². The summed E-state index contributed by atoms with van der Waals surface area (Å²) in [5.74, 6) is 0.552. The lowest BCUT2D eigenvalue weighted by molar-refractivity contribution is 0.0933. The summed E-state index contributed by atoms with van der Waals surface area (Å²) >= 11 is 0. The van der Waals surface area contributed by atoms with Crippen LogP contribution in [-0.2, 0) is 6.54 Å². The first-order chi connectivity index (χ1) is 9.74. The van der Waals surface area contributed by atoms with E-state index in [1.807, 2.05) is 0 Å². The monoisotopic (exact) mass is 351 g/mol. The van der Waals surface area contributed by atoms with Gasteiger partial charge in [-0.3, -0.25) is 9.69 Å². The number of nitrogens with two attached hydrogens (primary N) is 1. The first-order valence-corrected chi connectivity index (χ1v) is 7.54. The second-order valence-electron chi connectivity index (χ2n) is 5.36. The smallest absolute Gasteiger partial charge is 0.254 e. The molecular formula is C15H27Cl2N3O2. The maximum atomic E-state index is 11.9. The second-order valence-corrected chi connectivity index (χ2v) is 5.36. The van der Waals surface area contributed by atoms with Crippen molar-refractivity contribution in [2.24, 2.45) is 5.73 Å². The van der Waals surface area contributed by atoms with Crippen molar-refractivity contribution >= 4 is 30.7 Å². The number of likely N-dealkylation sites (tertiary alicyclic amines) is 1. The van der Waals surface area contributed by atoms with Gasteiger partial charge in [0.2, 0.25) is 0 Å². The molecule has 1 amide bonds. The first-order valence-electron chi connectivity index (χ1n) is 7.54. The molecule has 0 saturated carbocycles. The van der Waals surface area contributed by atoms with Gasteiger partial charge in [-0.25, -0.2) is 0 Å². The first kappa shape index (κ1) is 21.2. The predicted molar refractivity (Wildman–Crippen MR) is 92.9 cm³/mol. The van der Waals surface area contributed by atoms with Gasteiger partial charge < -0.3 is 15.5 Å². The number of carbonyl (C=O) groups is 1. The van der Waals surface area contributed by atoms with Crippen LogP contribution >= 0.6 is 24.8 Å². The minimum Gasteiger partial charge on any atom is -0.467 e. The minimum atomic E-state index is -0.0847. The number of nitrogens with zero attached hydrogens (tertiary/aromatic N) is 1. The Balaban J connectivity index is 0.00000220. The van der Waals surface area contributed by atoms with E-state index in [9.17, 15) is 4.79 Å². The molecule has 128 valence electrons. The fourth-order valence-corrected chi connectivity index (χ4v) is 2.84. The maximum Gasteiger partial charge on any atom is 0.254 e. The molecule has 22 heavy (non-hydrogen) atoms. The number of amides is 1. The van der Waals surface area contributed by atoms with Crippen molar-refractivity contribution in [3.8, 4) is 0 Å². The zero-order valence-electron chi connectivity index (χ0n) is 13.0. The topological polar surface area (TPSA) is 71.5 Å². The van der Waals surface area contributed by atoms with E-state index in [2.05, 4.69) is 17.1 Å². The number of rotatable bonds is 6. The highest BCUT2D eigenvalue weighted by molar-refractivity contribution is 5.93. The molecule has 1 unspecified atom stereocenters. The van der Waals surface area contributed by atoms with Crippen molar-refractivity contribution in [1.29, 1.82) is 0 Å². The van der Waals surface area contributed by atoms with Crippen LogP contribution in [0.5, 0.6) is 0 Å². The van der Waals surface area contributed by atoms with Crippen molar-refractivity contribution < 1.29 is 9.21 Å². The Morgan fingerprint density at radius 2 is 2.23 bits per heavy atom. The van der Waals surface area contributed by atoms with E-state index in [-0.39, 0.29) is 30.7 Å². The summed E-state index contributed by atoms with van der Waals surface area (Å²) in [5, 5.41) is 2.95. The number of halogens is 2. The molecule has 2 heterocycles. The Hall–Kier alpha value is -0.750. The number of piperidine rings is 1. The number of carbonyl (C=O) groups excluding carboxylic acids is 1. The van der Waals surface area contributed by atoms with Crippen LogP contribution in [0, 0.1) is 0 Å². The van der Waals surface area contributed by atoms with Crippen LogP contribution < -0.4 is 11.1 Å². The molecule has 0 aliphatic carbocycles. The summed E-state index contributed by atoms with van der Waals surface area (Å²) in [7, 11) is 0. The summed E-state index contributed by atoms with van der Waals surface area (Å²) in [4.78, 5) is 14.4. The summed E-state index contributed by atoms with van der Waals surface area (Å²) in [6.45, 7) is 5.31. The van der Waals surface area contributed by atoms with Crippen LogP contribution in [0.1, 0.15) is 48.7 Å². The van der Waals surface area contributed by atoms with Crippen molar-refractivity contribution in [3.63, 3.8) is 0 Å². The van der Waals surface area contributed by atoms with Gasteiger partial charge in [0.15, 0.2) is 0 Å². The number of furan rings is 1. The molecule has 0 radical (unpaired) electrons. The molecular weight excluding hydrogens is 325 g/mol. The minimum absolute atomic E-state index is 0. The van der Waals surface area contributed by atoms with Crippen molar-refractivity contribution in [1.82, 2.24) is 10.2 Å². The molecule has 0 aromatic carbocycles. The lowest BCUT2D eigenvalue weighted by Crippen LogP contribution is -2.43. The normalized spacial score (nSPS) is 18.2. The van der Waals surface area contributed by atoms with Gasteiger partial charge in [0.25, 0.3) is 5.91 Å². The Bertz CT molecular complexity index is 440. The molecule has 1 fully saturated rings. The Morgan fingerprint density at radius 1 is 1.45 bits per heavy atom.